The third kappa shape index (κ3) is 6.11. The Labute approximate surface area is 300 Å². The number of aromatic nitrogens is 2. The third-order valence-electron chi connectivity index (χ3n) is 9.94. The lowest BCUT2D eigenvalue weighted by Gasteiger charge is -2.53. The van der Waals surface area contributed by atoms with E-state index in [2.05, 4.69) is 25.5 Å². The van der Waals surface area contributed by atoms with Crippen LogP contribution < -0.4 is 20.4 Å². The maximum atomic E-state index is 15.7. The lowest BCUT2D eigenvalue weighted by atomic mass is 9.73. The minimum absolute atomic E-state index is 0.169. The maximum absolute atomic E-state index is 15.7. The molecule has 0 aliphatic carbocycles. The molecule has 0 bridgehead atoms. The summed E-state index contributed by atoms with van der Waals surface area (Å²) in [5.41, 5.74) is 2.65. The van der Waals surface area contributed by atoms with Crippen LogP contribution in [0.4, 0.5) is 36.1 Å². The van der Waals surface area contributed by atoms with E-state index in [4.69, 9.17) is 4.74 Å². The first kappa shape index (κ1) is 33.7. The second-order valence-corrected chi connectivity index (χ2v) is 14.5. The van der Waals surface area contributed by atoms with Gasteiger partial charge in [-0.3, -0.25) is 14.4 Å². The summed E-state index contributed by atoms with van der Waals surface area (Å²) in [7, 11) is 0. The smallest absolute Gasteiger partial charge is 0.265 e. The molecule has 1 spiro atoms. The molecule has 0 radical (unpaired) electrons. The van der Waals surface area contributed by atoms with Gasteiger partial charge < -0.3 is 30.2 Å². The predicted octanol–water partition coefficient (Wildman–Crippen LogP) is 7.19. The molecule has 0 saturated carbocycles. The van der Waals surface area contributed by atoms with Gasteiger partial charge in [0.2, 0.25) is 0 Å². The Morgan fingerprint density at radius 3 is 2.44 bits per heavy atom. The number of ether oxygens (including phenoxy) is 1. The van der Waals surface area contributed by atoms with Crippen molar-refractivity contribution in [3.63, 3.8) is 0 Å². The van der Waals surface area contributed by atoms with E-state index in [-0.39, 0.29) is 28.1 Å². The Balaban J connectivity index is 0.981. The predicted molar refractivity (Wildman–Crippen MR) is 192 cm³/mol. The molecule has 2 saturated heterocycles. The number of nitrogens with zero attached hydrogens (tertiary/aromatic N) is 3. The SMILES string of the molecule is Cc1cnc(N2CC3(CCOCC3)C2)c(C(=O)Nc2ccc(C(=O)N3CCc4cc(C(=O)Nc5c(F)cccc5F)sc4-c4[nH]ccc43)c(F)c2)c1. The van der Waals surface area contributed by atoms with Gasteiger partial charge >= 0.3 is 0 Å². The van der Waals surface area contributed by atoms with Gasteiger partial charge in [-0.05, 0) is 85.8 Å². The summed E-state index contributed by atoms with van der Waals surface area (Å²) in [6.07, 6.45) is 5.64. The van der Waals surface area contributed by atoms with Crippen molar-refractivity contribution in [1.82, 2.24) is 9.97 Å². The summed E-state index contributed by atoms with van der Waals surface area (Å²) in [4.78, 5) is 52.6. The van der Waals surface area contributed by atoms with Gasteiger partial charge in [-0.25, -0.2) is 18.2 Å². The molecule has 2 fully saturated rings. The van der Waals surface area contributed by atoms with Gasteiger partial charge in [0.25, 0.3) is 17.7 Å². The lowest BCUT2D eigenvalue weighted by Crippen LogP contribution is -2.59. The highest BCUT2D eigenvalue weighted by Crippen LogP contribution is 2.43. The van der Waals surface area contributed by atoms with E-state index in [1.807, 2.05) is 6.92 Å². The van der Waals surface area contributed by atoms with Crippen LogP contribution in [0.25, 0.3) is 10.6 Å². The molecule has 14 heteroatoms. The highest BCUT2D eigenvalue weighted by atomic mass is 32.1. The van der Waals surface area contributed by atoms with Crippen molar-refractivity contribution in [3.8, 4) is 10.6 Å². The Morgan fingerprint density at radius 1 is 0.923 bits per heavy atom. The molecular weight excluding hydrogens is 694 g/mol. The van der Waals surface area contributed by atoms with Gasteiger partial charge in [-0.2, -0.15) is 0 Å². The van der Waals surface area contributed by atoms with Crippen molar-refractivity contribution in [2.24, 2.45) is 5.41 Å². The third-order valence-corrected chi connectivity index (χ3v) is 11.1. The first-order valence-electron chi connectivity index (χ1n) is 16.9. The molecule has 0 atom stereocenters. The summed E-state index contributed by atoms with van der Waals surface area (Å²) < 4.78 is 49.6. The molecular formula is C38H33F3N6O4S. The second-order valence-electron chi connectivity index (χ2n) is 13.5. The van der Waals surface area contributed by atoms with Gasteiger partial charge in [-0.1, -0.05) is 6.07 Å². The quantitative estimate of drug-likeness (QED) is 0.171. The minimum atomic E-state index is -0.890. The molecule has 8 rings (SSSR count). The number of thiophene rings is 1. The number of fused-ring (bicyclic) bond motifs is 3. The molecule has 3 N–H and O–H groups in total. The number of carbonyl (C=O) groups excluding carboxylic acids is 3. The van der Waals surface area contributed by atoms with Gasteiger partial charge in [0.15, 0.2) is 0 Å². The second kappa shape index (κ2) is 13.3. The largest absolute Gasteiger partial charge is 0.381 e. The van der Waals surface area contributed by atoms with Crippen LogP contribution in [0.5, 0.6) is 0 Å². The van der Waals surface area contributed by atoms with E-state index in [0.29, 0.717) is 34.1 Å². The molecule has 3 aromatic heterocycles. The molecule has 52 heavy (non-hydrogen) atoms. The average Bonchev–Trinajstić information content (AvgIpc) is 3.74. The van der Waals surface area contributed by atoms with Crippen LogP contribution in [0.1, 0.15) is 54.4 Å². The number of aromatic amines is 1. The van der Waals surface area contributed by atoms with Crippen molar-refractivity contribution in [2.45, 2.75) is 26.2 Å². The average molecular weight is 727 g/mol. The lowest BCUT2D eigenvalue weighted by molar-refractivity contribution is -0.000511. The summed E-state index contributed by atoms with van der Waals surface area (Å²) >= 11 is 1.11. The zero-order valence-electron chi connectivity index (χ0n) is 28.0. The van der Waals surface area contributed by atoms with Crippen LogP contribution in [-0.2, 0) is 11.2 Å². The summed E-state index contributed by atoms with van der Waals surface area (Å²) in [5.74, 6) is -3.68. The number of benzene rings is 2. The van der Waals surface area contributed by atoms with Gasteiger partial charge in [-0.15, -0.1) is 11.3 Å². The van der Waals surface area contributed by atoms with Crippen LogP contribution in [0.2, 0.25) is 0 Å². The molecule has 266 valence electrons. The Hall–Kier alpha value is -5.47. The summed E-state index contributed by atoms with van der Waals surface area (Å²) in [5, 5.41) is 5.10. The number of para-hydroxylation sites is 1. The van der Waals surface area contributed by atoms with Gasteiger partial charge in [0.1, 0.15) is 29.0 Å². The number of hydrogen-bond donors (Lipinski definition) is 3. The number of H-pyrrole nitrogens is 1. The monoisotopic (exact) mass is 726 g/mol. The van der Waals surface area contributed by atoms with E-state index in [1.54, 1.807) is 30.6 Å². The number of rotatable bonds is 6. The van der Waals surface area contributed by atoms with Crippen molar-refractivity contribution >= 4 is 51.9 Å². The van der Waals surface area contributed by atoms with Crippen LogP contribution in [0.3, 0.4) is 0 Å². The van der Waals surface area contributed by atoms with E-state index < -0.39 is 40.9 Å². The fourth-order valence-electron chi connectivity index (χ4n) is 7.19. The van der Waals surface area contributed by atoms with Crippen LogP contribution in [0.15, 0.2) is 67.0 Å². The number of anilines is 4. The van der Waals surface area contributed by atoms with Crippen molar-refractivity contribution in [3.05, 3.63) is 112 Å². The van der Waals surface area contributed by atoms with E-state index >= 15 is 4.39 Å². The fraction of sp³-hybridized carbons (Fsp3) is 0.263. The van der Waals surface area contributed by atoms with E-state index in [9.17, 15) is 23.2 Å². The molecule has 10 nitrogen and oxygen atoms in total. The van der Waals surface area contributed by atoms with Crippen LogP contribution >= 0.6 is 11.3 Å². The summed E-state index contributed by atoms with van der Waals surface area (Å²) in [6, 6.07) is 12.4. The molecule has 0 unspecified atom stereocenters. The molecule has 3 amide bonds. The molecule has 5 aromatic rings. The number of amides is 3. The standard InChI is InChI=1S/C38H33F3N6O4S/c1-21-15-25(34(43-18-21)46-19-38(20-46)9-13-51-14-10-38)35(48)44-23-5-6-24(28(41)17-23)37(50)47-12-8-22-16-30(52-33(22)32-29(47)7-11-42-32)36(49)45-31-26(39)3-2-4-27(31)40/h2-7,11,15-18,42H,8-10,12-14,19-20H2,1H3,(H,44,48)(H,45,49). The maximum Gasteiger partial charge on any atom is 0.265 e. The highest BCUT2D eigenvalue weighted by Gasteiger charge is 2.45. The fourth-order valence-corrected chi connectivity index (χ4v) is 8.31. The number of nitrogens with one attached hydrogen (secondary N) is 3. The minimum Gasteiger partial charge on any atom is -0.381 e. The number of hydrogen-bond acceptors (Lipinski definition) is 7. The van der Waals surface area contributed by atoms with E-state index in [1.165, 1.54) is 23.1 Å². The first-order chi connectivity index (χ1) is 25.1. The Morgan fingerprint density at radius 2 is 1.69 bits per heavy atom. The summed E-state index contributed by atoms with van der Waals surface area (Å²) in [6.45, 7) is 5.07. The highest BCUT2D eigenvalue weighted by molar-refractivity contribution is 7.17. The van der Waals surface area contributed by atoms with Crippen LogP contribution in [-0.4, -0.2) is 60.5 Å². The van der Waals surface area contributed by atoms with Crippen molar-refractivity contribution in [2.75, 3.05) is 53.3 Å². The molecule has 2 aromatic carbocycles. The van der Waals surface area contributed by atoms with Crippen LogP contribution in [0, 0.1) is 29.8 Å². The van der Waals surface area contributed by atoms with Crippen molar-refractivity contribution in [1.29, 1.82) is 0 Å². The van der Waals surface area contributed by atoms with E-state index in [0.717, 1.165) is 79.8 Å². The Bertz CT molecular complexity index is 2220. The van der Waals surface area contributed by atoms with Gasteiger partial charge in [0.05, 0.1) is 32.3 Å². The van der Waals surface area contributed by atoms with Gasteiger partial charge in [0, 0.05) is 56.3 Å². The number of carbonyl (C=O) groups is 3. The number of pyridine rings is 1. The molecule has 6 heterocycles. The molecule has 3 aliphatic rings. The molecule has 3 aliphatic heterocycles. The number of aryl methyl sites for hydroxylation is 1. The van der Waals surface area contributed by atoms with Crippen molar-refractivity contribution < 1.29 is 32.3 Å². The first-order valence-corrected chi connectivity index (χ1v) is 17.7. The normalized spacial score (nSPS) is 16.1. The zero-order valence-corrected chi connectivity index (χ0v) is 28.8. The zero-order chi connectivity index (χ0) is 36.1. The Kier molecular flexibility index (Phi) is 8.58. The topological polar surface area (TPSA) is 120 Å². The number of halogens is 3.